The quantitative estimate of drug-likeness (QED) is 0.496. The Kier molecular flexibility index (Phi) is 5.36. The summed E-state index contributed by atoms with van der Waals surface area (Å²) in [5.41, 5.74) is 4.79. The molecule has 0 unspecified atom stereocenters. The van der Waals surface area contributed by atoms with Gasteiger partial charge in [0.05, 0.1) is 4.91 Å². The second-order valence-corrected chi connectivity index (χ2v) is 9.52. The van der Waals surface area contributed by atoms with Gasteiger partial charge in [-0.3, -0.25) is 9.69 Å². The number of anilines is 1. The van der Waals surface area contributed by atoms with Crippen LogP contribution in [-0.2, 0) is 16.6 Å². The highest BCUT2D eigenvalue weighted by atomic mass is 32.2. The van der Waals surface area contributed by atoms with E-state index in [4.69, 9.17) is 12.2 Å². The highest BCUT2D eigenvalue weighted by Gasteiger charge is 2.38. The molecular formula is C24H24N2OS2. The maximum absolute atomic E-state index is 12.9. The largest absolute Gasteiger partial charge is 0.347 e. The number of fused-ring (bicyclic) bond motifs is 1. The lowest BCUT2D eigenvalue weighted by Gasteiger charge is -2.23. The topological polar surface area (TPSA) is 23.6 Å². The van der Waals surface area contributed by atoms with E-state index in [2.05, 4.69) is 68.3 Å². The zero-order valence-electron chi connectivity index (χ0n) is 16.9. The molecule has 0 saturated carbocycles. The second-order valence-electron chi connectivity index (χ2n) is 7.84. The SMILES string of the molecule is CN1/C(=C\C=C2\SC(=S)N(CCc3ccccc3)C2=O)C(C)(C)c2ccccc21. The Morgan fingerprint density at radius 1 is 1.03 bits per heavy atom. The molecule has 29 heavy (non-hydrogen) atoms. The fraction of sp³-hybridized carbons (Fsp3) is 0.250. The number of amides is 1. The van der Waals surface area contributed by atoms with Gasteiger partial charge < -0.3 is 4.90 Å². The number of carbonyl (C=O) groups excluding carboxylic acids is 1. The molecule has 2 aromatic carbocycles. The summed E-state index contributed by atoms with van der Waals surface area (Å²) in [6.45, 7) is 5.06. The van der Waals surface area contributed by atoms with E-state index in [1.807, 2.05) is 24.3 Å². The summed E-state index contributed by atoms with van der Waals surface area (Å²) in [7, 11) is 2.08. The second kappa shape index (κ2) is 7.81. The predicted molar refractivity (Wildman–Crippen MR) is 126 cm³/mol. The van der Waals surface area contributed by atoms with Crippen molar-refractivity contribution in [2.45, 2.75) is 25.7 Å². The summed E-state index contributed by atoms with van der Waals surface area (Å²) in [5.74, 6) is 0.00347. The monoisotopic (exact) mass is 420 g/mol. The van der Waals surface area contributed by atoms with Gasteiger partial charge in [0.15, 0.2) is 0 Å². The molecule has 2 aliphatic rings. The van der Waals surface area contributed by atoms with Crippen molar-refractivity contribution < 1.29 is 4.79 Å². The van der Waals surface area contributed by atoms with Gasteiger partial charge in [0.1, 0.15) is 4.32 Å². The molecule has 1 saturated heterocycles. The van der Waals surface area contributed by atoms with Gasteiger partial charge in [-0.2, -0.15) is 0 Å². The molecule has 0 atom stereocenters. The van der Waals surface area contributed by atoms with E-state index < -0.39 is 0 Å². The van der Waals surface area contributed by atoms with E-state index in [9.17, 15) is 4.79 Å². The van der Waals surface area contributed by atoms with Crippen LogP contribution in [-0.4, -0.2) is 28.7 Å². The van der Waals surface area contributed by atoms with Crippen molar-refractivity contribution in [2.24, 2.45) is 0 Å². The van der Waals surface area contributed by atoms with Crippen molar-refractivity contribution in [1.82, 2.24) is 4.90 Å². The Labute approximate surface area is 182 Å². The summed E-state index contributed by atoms with van der Waals surface area (Å²) < 4.78 is 0.637. The van der Waals surface area contributed by atoms with E-state index in [1.165, 1.54) is 34.3 Å². The molecule has 0 spiro atoms. The van der Waals surface area contributed by atoms with Gasteiger partial charge in [-0.15, -0.1) is 0 Å². The van der Waals surface area contributed by atoms with Gasteiger partial charge in [0.2, 0.25) is 0 Å². The van der Waals surface area contributed by atoms with Crippen molar-refractivity contribution >= 4 is 39.9 Å². The van der Waals surface area contributed by atoms with Crippen molar-refractivity contribution in [1.29, 1.82) is 0 Å². The van der Waals surface area contributed by atoms with Crippen LogP contribution in [0.5, 0.6) is 0 Å². The summed E-state index contributed by atoms with van der Waals surface area (Å²) in [5, 5.41) is 0. The third-order valence-electron chi connectivity index (χ3n) is 5.67. The van der Waals surface area contributed by atoms with Gasteiger partial charge in [0, 0.05) is 30.4 Å². The molecule has 3 nitrogen and oxygen atoms in total. The van der Waals surface area contributed by atoms with E-state index >= 15 is 0 Å². The minimum atomic E-state index is -0.109. The Bertz CT molecular complexity index is 1020. The molecule has 148 valence electrons. The summed E-state index contributed by atoms with van der Waals surface area (Å²) >= 11 is 6.87. The van der Waals surface area contributed by atoms with Gasteiger partial charge in [-0.05, 0) is 35.8 Å². The molecule has 0 aromatic heterocycles. The maximum atomic E-state index is 12.9. The number of thiocarbonyl (C=S) groups is 1. The lowest BCUT2D eigenvalue weighted by Crippen LogP contribution is -2.30. The van der Waals surface area contributed by atoms with Gasteiger partial charge in [-0.1, -0.05) is 86.4 Å². The van der Waals surface area contributed by atoms with E-state index in [1.54, 1.807) is 4.90 Å². The molecule has 0 bridgehead atoms. The minimum Gasteiger partial charge on any atom is -0.347 e. The molecule has 0 N–H and O–H groups in total. The van der Waals surface area contributed by atoms with Gasteiger partial charge >= 0.3 is 0 Å². The normalized spacial score (nSPS) is 20.8. The summed E-state index contributed by atoms with van der Waals surface area (Å²) in [6, 6.07) is 18.6. The third kappa shape index (κ3) is 3.65. The van der Waals surface area contributed by atoms with E-state index in [0.29, 0.717) is 15.8 Å². The van der Waals surface area contributed by atoms with E-state index in [0.717, 1.165) is 6.42 Å². The number of allylic oxidation sites excluding steroid dienone is 3. The van der Waals surface area contributed by atoms with Gasteiger partial charge in [0.25, 0.3) is 5.91 Å². The number of para-hydroxylation sites is 1. The third-order valence-corrected chi connectivity index (χ3v) is 7.07. The van der Waals surface area contributed by atoms with Crippen LogP contribution in [0.3, 0.4) is 0 Å². The van der Waals surface area contributed by atoms with Crippen LogP contribution < -0.4 is 4.90 Å². The number of nitrogens with zero attached hydrogens (tertiary/aromatic N) is 2. The highest BCUT2D eigenvalue weighted by molar-refractivity contribution is 8.26. The number of hydrogen-bond donors (Lipinski definition) is 0. The number of thioether (sulfide) groups is 1. The molecule has 2 heterocycles. The van der Waals surface area contributed by atoms with Crippen LogP contribution in [0.15, 0.2) is 77.4 Å². The molecule has 1 fully saturated rings. The lowest BCUT2D eigenvalue weighted by atomic mass is 9.84. The standard InChI is InChI=1S/C24H24N2OS2/c1-24(2)18-11-7-8-12-19(18)25(3)21(24)14-13-20-22(27)26(23(28)29-20)16-15-17-9-5-4-6-10-17/h4-14H,15-16H2,1-3H3/b20-13+,21-14-. The minimum absolute atomic E-state index is 0.00347. The molecule has 0 radical (unpaired) electrons. The van der Waals surface area contributed by atoms with Crippen LogP contribution >= 0.6 is 24.0 Å². The van der Waals surface area contributed by atoms with Crippen LogP contribution in [0.25, 0.3) is 0 Å². The van der Waals surface area contributed by atoms with Crippen molar-refractivity contribution in [2.75, 3.05) is 18.5 Å². The molecule has 1 amide bonds. The van der Waals surface area contributed by atoms with E-state index in [-0.39, 0.29) is 11.3 Å². The Morgan fingerprint density at radius 2 is 1.72 bits per heavy atom. The number of carbonyl (C=O) groups is 1. The highest BCUT2D eigenvalue weighted by Crippen LogP contribution is 2.46. The molecule has 0 aliphatic carbocycles. The zero-order valence-corrected chi connectivity index (χ0v) is 18.5. The molecular weight excluding hydrogens is 396 g/mol. The molecule has 4 rings (SSSR count). The number of likely N-dealkylation sites (N-methyl/N-ethyl adjacent to an activating group) is 1. The first-order valence-electron chi connectivity index (χ1n) is 9.73. The first-order chi connectivity index (χ1) is 13.9. The number of benzene rings is 2. The van der Waals surface area contributed by atoms with Crippen LogP contribution in [0.1, 0.15) is 25.0 Å². The Hall–Kier alpha value is -2.37. The average Bonchev–Trinajstić information content (AvgIpc) is 3.10. The van der Waals surface area contributed by atoms with Crippen LogP contribution in [0, 0.1) is 0 Å². The number of rotatable bonds is 4. The first kappa shape index (κ1) is 19.9. The fourth-order valence-corrected chi connectivity index (χ4v) is 5.30. The Balaban J connectivity index is 1.53. The smallest absolute Gasteiger partial charge is 0.266 e. The first-order valence-corrected chi connectivity index (χ1v) is 11.0. The predicted octanol–water partition coefficient (Wildman–Crippen LogP) is 5.28. The number of hydrogen-bond acceptors (Lipinski definition) is 4. The average molecular weight is 421 g/mol. The fourth-order valence-electron chi connectivity index (χ4n) is 4.05. The summed E-state index contributed by atoms with van der Waals surface area (Å²) in [4.78, 5) is 17.5. The van der Waals surface area contributed by atoms with Crippen LogP contribution in [0.4, 0.5) is 5.69 Å². The molecule has 2 aliphatic heterocycles. The lowest BCUT2D eigenvalue weighted by molar-refractivity contribution is -0.122. The van der Waals surface area contributed by atoms with Crippen molar-refractivity contribution in [3.63, 3.8) is 0 Å². The molecule has 2 aromatic rings. The zero-order chi connectivity index (χ0) is 20.6. The Morgan fingerprint density at radius 3 is 2.45 bits per heavy atom. The van der Waals surface area contributed by atoms with Gasteiger partial charge in [-0.25, -0.2) is 0 Å². The van der Waals surface area contributed by atoms with Crippen molar-refractivity contribution in [3.05, 3.63) is 88.5 Å². The molecule has 5 heteroatoms. The summed E-state index contributed by atoms with van der Waals surface area (Å²) in [6.07, 6.45) is 4.80. The maximum Gasteiger partial charge on any atom is 0.266 e. The van der Waals surface area contributed by atoms with Crippen LogP contribution in [0.2, 0.25) is 0 Å². The van der Waals surface area contributed by atoms with Crippen molar-refractivity contribution in [3.8, 4) is 0 Å².